The Bertz CT molecular complexity index is 673. The third-order valence-corrected chi connectivity index (χ3v) is 5.26. The predicted octanol–water partition coefficient (Wildman–Crippen LogP) is -1.19. The van der Waals surface area contributed by atoms with Gasteiger partial charge < -0.3 is 31.5 Å². The molecule has 1 saturated heterocycles. The van der Waals surface area contributed by atoms with E-state index in [0.717, 1.165) is 0 Å². The Morgan fingerprint density at radius 2 is 1.80 bits per heavy atom. The second-order valence-corrected chi connectivity index (χ2v) is 7.91. The van der Waals surface area contributed by atoms with Crippen molar-refractivity contribution in [2.45, 2.75) is 63.7 Å². The lowest BCUT2D eigenvalue weighted by atomic mass is 10.0. The van der Waals surface area contributed by atoms with E-state index in [1.54, 1.807) is 13.8 Å². The summed E-state index contributed by atoms with van der Waals surface area (Å²) in [4.78, 5) is 61.4. The number of carbonyl (C=O) groups excluding carboxylic acids is 3. The molecule has 0 saturated carbocycles. The quantitative estimate of drug-likeness (QED) is 0.214. The number of carboxylic acid groups (broad SMARTS) is 2. The Kier molecular flexibility index (Phi) is 10.1. The van der Waals surface area contributed by atoms with Gasteiger partial charge >= 0.3 is 11.9 Å². The van der Waals surface area contributed by atoms with Crippen LogP contribution in [0.1, 0.15) is 39.5 Å². The Balaban J connectivity index is 2.97. The van der Waals surface area contributed by atoms with Gasteiger partial charge in [-0.1, -0.05) is 13.8 Å². The maximum atomic E-state index is 13.0. The lowest BCUT2D eigenvalue weighted by Crippen LogP contribution is -2.57. The van der Waals surface area contributed by atoms with Gasteiger partial charge in [0.2, 0.25) is 17.7 Å². The Morgan fingerprint density at radius 3 is 2.30 bits per heavy atom. The predicted molar refractivity (Wildman–Crippen MR) is 110 cm³/mol. The van der Waals surface area contributed by atoms with Gasteiger partial charge in [0.05, 0.1) is 6.04 Å². The lowest BCUT2D eigenvalue weighted by molar-refractivity contribution is -0.146. The monoisotopic (exact) mass is 446 g/mol. The van der Waals surface area contributed by atoms with Crippen LogP contribution in [-0.4, -0.2) is 81.2 Å². The second kappa shape index (κ2) is 11.7. The van der Waals surface area contributed by atoms with E-state index >= 15 is 0 Å². The third kappa shape index (κ3) is 7.17. The lowest BCUT2D eigenvalue weighted by Gasteiger charge is -2.30. The van der Waals surface area contributed by atoms with Gasteiger partial charge in [-0.3, -0.25) is 19.2 Å². The fraction of sp³-hybridized carbons (Fsp3) is 0.722. The molecule has 0 spiro atoms. The van der Waals surface area contributed by atoms with Gasteiger partial charge in [0.15, 0.2) is 0 Å². The van der Waals surface area contributed by atoms with Gasteiger partial charge in [0.1, 0.15) is 18.1 Å². The molecule has 1 heterocycles. The van der Waals surface area contributed by atoms with Crippen LogP contribution in [-0.2, 0) is 24.0 Å². The first-order valence-corrected chi connectivity index (χ1v) is 10.3. The molecule has 170 valence electrons. The number of hydrogen-bond donors (Lipinski definition) is 6. The van der Waals surface area contributed by atoms with Crippen molar-refractivity contribution in [2.24, 2.45) is 11.7 Å². The van der Waals surface area contributed by atoms with Crippen LogP contribution in [0, 0.1) is 5.92 Å². The highest BCUT2D eigenvalue weighted by Crippen LogP contribution is 2.20. The van der Waals surface area contributed by atoms with E-state index in [9.17, 15) is 29.1 Å². The number of hydrogen-bond acceptors (Lipinski definition) is 7. The van der Waals surface area contributed by atoms with Gasteiger partial charge in [-0.25, -0.2) is 4.79 Å². The average Bonchev–Trinajstić information content (AvgIpc) is 3.16. The van der Waals surface area contributed by atoms with Crippen LogP contribution < -0.4 is 16.4 Å². The molecule has 30 heavy (non-hydrogen) atoms. The summed E-state index contributed by atoms with van der Waals surface area (Å²) in [5, 5.41) is 23.1. The van der Waals surface area contributed by atoms with E-state index in [2.05, 4.69) is 23.3 Å². The van der Waals surface area contributed by atoms with Crippen molar-refractivity contribution in [3.05, 3.63) is 0 Å². The average molecular weight is 447 g/mol. The molecule has 12 heteroatoms. The molecule has 4 unspecified atom stereocenters. The summed E-state index contributed by atoms with van der Waals surface area (Å²) >= 11 is 3.93. The molecule has 0 radical (unpaired) electrons. The van der Waals surface area contributed by atoms with E-state index in [4.69, 9.17) is 10.8 Å². The molecule has 1 aliphatic rings. The summed E-state index contributed by atoms with van der Waals surface area (Å²) in [6, 6.07) is -4.16. The van der Waals surface area contributed by atoms with E-state index in [0.29, 0.717) is 12.8 Å². The molecule has 6 N–H and O–H groups in total. The summed E-state index contributed by atoms with van der Waals surface area (Å²) in [6.07, 6.45) is 0.302. The van der Waals surface area contributed by atoms with Crippen molar-refractivity contribution in [3.8, 4) is 0 Å². The van der Waals surface area contributed by atoms with E-state index in [1.807, 2.05) is 0 Å². The molecule has 0 bridgehead atoms. The summed E-state index contributed by atoms with van der Waals surface area (Å²) in [5.41, 5.74) is 5.61. The SMILES string of the molecule is CC(C)C(NC(=O)C1CCCN1C(=O)C(CCC(=O)O)NC(=O)C(N)CS)C(=O)O. The molecular weight excluding hydrogens is 416 g/mol. The highest BCUT2D eigenvalue weighted by Gasteiger charge is 2.39. The van der Waals surface area contributed by atoms with E-state index in [-0.39, 0.29) is 31.1 Å². The smallest absolute Gasteiger partial charge is 0.326 e. The normalized spacial score (nSPS) is 19.1. The molecule has 0 aromatic rings. The summed E-state index contributed by atoms with van der Waals surface area (Å²) in [7, 11) is 0. The molecule has 11 nitrogen and oxygen atoms in total. The minimum absolute atomic E-state index is 0.0339. The van der Waals surface area contributed by atoms with Gasteiger partial charge in [0, 0.05) is 18.7 Å². The second-order valence-electron chi connectivity index (χ2n) is 7.54. The van der Waals surface area contributed by atoms with Gasteiger partial charge in [-0.05, 0) is 25.2 Å². The summed E-state index contributed by atoms with van der Waals surface area (Å²) in [6.45, 7) is 3.53. The Hall–Kier alpha value is -2.34. The van der Waals surface area contributed by atoms with Crippen LogP contribution in [0.4, 0.5) is 0 Å². The fourth-order valence-electron chi connectivity index (χ4n) is 3.15. The minimum Gasteiger partial charge on any atom is -0.481 e. The molecule has 4 atom stereocenters. The van der Waals surface area contributed by atoms with Gasteiger partial charge in [-0.2, -0.15) is 12.6 Å². The largest absolute Gasteiger partial charge is 0.481 e. The number of aliphatic carboxylic acids is 2. The van der Waals surface area contributed by atoms with Crippen LogP contribution in [0.25, 0.3) is 0 Å². The van der Waals surface area contributed by atoms with Crippen molar-refractivity contribution in [1.29, 1.82) is 0 Å². The molecular formula is C18H30N4O7S. The van der Waals surface area contributed by atoms with Crippen LogP contribution in [0.5, 0.6) is 0 Å². The Labute approximate surface area is 180 Å². The van der Waals surface area contributed by atoms with Crippen molar-refractivity contribution < 1.29 is 34.2 Å². The van der Waals surface area contributed by atoms with Crippen molar-refractivity contribution >= 4 is 42.3 Å². The molecule has 3 amide bonds. The van der Waals surface area contributed by atoms with E-state index in [1.165, 1.54) is 4.90 Å². The number of carbonyl (C=O) groups is 5. The third-order valence-electron chi connectivity index (χ3n) is 4.86. The zero-order valence-corrected chi connectivity index (χ0v) is 17.9. The number of nitrogens with zero attached hydrogens (tertiary/aromatic N) is 1. The minimum atomic E-state index is -1.18. The summed E-state index contributed by atoms with van der Waals surface area (Å²) < 4.78 is 0. The van der Waals surface area contributed by atoms with Crippen LogP contribution in [0.3, 0.4) is 0 Å². The number of nitrogens with two attached hydrogens (primary N) is 1. The fourth-order valence-corrected chi connectivity index (χ4v) is 3.32. The van der Waals surface area contributed by atoms with Crippen LogP contribution in [0.2, 0.25) is 0 Å². The first-order chi connectivity index (χ1) is 14.0. The number of thiol groups is 1. The van der Waals surface area contributed by atoms with Gasteiger partial charge in [0.25, 0.3) is 0 Å². The highest BCUT2D eigenvalue weighted by atomic mass is 32.1. The zero-order chi connectivity index (χ0) is 23.0. The van der Waals surface area contributed by atoms with Crippen molar-refractivity contribution in [3.63, 3.8) is 0 Å². The number of carboxylic acids is 2. The van der Waals surface area contributed by atoms with Crippen molar-refractivity contribution in [1.82, 2.24) is 15.5 Å². The maximum Gasteiger partial charge on any atom is 0.326 e. The zero-order valence-electron chi connectivity index (χ0n) is 17.0. The molecule has 1 fully saturated rings. The van der Waals surface area contributed by atoms with Gasteiger partial charge in [-0.15, -0.1) is 0 Å². The molecule has 0 aliphatic carbocycles. The number of nitrogens with one attached hydrogen (secondary N) is 2. The van der Waals surface area contributed by atoms with E-state index < -0.39 is 53.8 Å². The Morgan fingerprint density at radius 1 is 1.17 bits per heavy atom. The highest BCUT2D eigenvalue weighted by molar-refractivity contribution is 7.80. The standard InChI is InChI=1S/C18H30N4O7S/c1-9(2)14(18(28)29)21-16(26)12-4-3-7-22(12)17(27)11(5-6-13(23)24)20-15(25)10(19)8-30/h9-12,14,30H,3-8,19H2,1-2H3,(H,20,25)(H,21,26)(H,23,24)(H,28,29). The molecule has 1 rings (SSSR count). The topological polar surface area (TPSA) is 179 Å². The number of amides is 3. The summed E-state index contributed by atoms with van der Waals surface area (Å²) in [5.74, 6) is -4.50. The maximum absolute atomic E-state index is 13.0. The number of rotatable bonds is 11. The van der Waals surface area contributed by atoms with Crippen LogP contribution >= 0.6 is 12.6 Å². The molecule has 0 aromatic carbocycles. The number of likely N-dealkylation sites (tertiary alicyclic amines) is 1. The molecule has 1 aliphatic heterocycles. The van der Waals surface area contributed by atoms with Crippen LogP contribution in [0.15, 0.2) is 0 Å². The molecule has 0 aromatic heterocycles. The first-order valence-electron chi connectivity index (χ1n) is 9.71. The first kappa shape index (κ1) is 25.7. The van der Waals surface area contributed by atoms with Crippen molar-refractivity contribution in [2.75, 3.05) is 12.3 Å².